The molecule has 2 aromatic rings. The van der Waals surface area contributed by atoms with Gasteiger partial charge in [0.2, 0.25) is 0 Å². The van der Waals surface area contributed by atoms with Crippen molar-refractivity contribution < 1.29 is 4.74 Å². The Hall–Kier alpha value is -1.88. The minimum atomic E-state index is 0.505. The van der Waals surface area contributed by atoms with Gasteiger partial charge in [0.15, 0.2) is 0 Å². The summed E-state index contributed by atoms with van der Waals surface area (Å²) in [5, 5.41) is 4.22. The number of methoxy groups -OCH3 is 1. The molecular weight excluding hydrogens is 216 g/mol. The van der Waals surface area contributed by atoms with E-state index in [-0.39, 0.29) is 0 Å². The molecule has 0 spiro atoms. The molecule has 0 radical (unpaired) electrons. The predicted molar refractivity (Wildman–Crippen MR) is 64.7 cm³/mol. The first kappa shape index (κ1) is 11.6. The summed E-state index contributed by atoms with van der Waals surface area (Å²) in [5.74, 6) is 0.818. The number of pyridine rings is 1. The molecule has 0 bridgehead atoms. The molecule has 0 saturated carbocycles. The largest absolute Gasteiger partial charge is 0.497 e. The number of rotatable bonds is 4. The third-order valence-corrected chi connectivity index (χ3v) is 2.46. The fourth-order valence-electron chi connectivity index (χ4n) is 1.67. The molecule has 90 valence electrons. The van der Waals surface area contributed by atoms with Gasteiger partial charge in [-0.15, -0.1) is 0 Å². The van der Waals surface area contributed by atoms with Crippen LogP contribution in [0.5, 0.6) is 5.75 Å². The van der Waals surface area contributed by atoms with Gasteiger partial charge in [-0.1, -0.05) is 0 Å². The minimum Gasteiger partial charge on any atom is -0.497 e. The number of aryl methyl sites for hydroxylation is 1. The van der Waals surface area contributed by atoms with Crippen LogP contribution in [-0.4, -0.2) is 21.9 Å². The zero-order chi connectivity index (χ0) is 12.3. The molecule has 0 aromatic carbocycles. The van der Waals surface area contributed by atoms with Crippen molar-refractivity contribution in [1.82, 2.24) is 14.8 Å². The van der Waals surface area contributed by atoms with Crippen LogP contribution < -0.4 is 10.5 Å². The number of ether oxygens (including phenoxy) is 1. The van der Waals surface area contributed by atoms with Crippen LogP contribution in [0.1, 0.15) is 17.0 Å². The van der Waals surface area contributed by atoms with Crippen LogP contribution in [0, 0.1) is 6.92 Å². The first-order valence-electron chi connectivity index (χ1n) is 5.44. The first-order valence-corrected chi connectivity index (χ1v) is 5.44. The van der Waals surface area contributed by atoms with Crippen LogP contribution in [-0.2, 0) is 13.1 Å². The van der Waals surface area contributed by atoms with Crippen LogP contribution >= 0.6 is 0 Å². The van der Waals surface area contributed by atoms with E-state index in [1.807, 2.05) is 29.9 Å². The van der Waals surface area contributed by atoms with Gasteiger partial charge in [-0.25, -0.2) is 0 Å². The number of nitrogens with two attached hydrogens (primary N) is 1. The number of hydrogen-bond acceptors (Lipinski definition) is 4. The summed E-state index contributed by atoms with van der Waals surface area (Å²) >= 11 is 0. The highest BCUT2D eigenvalue weighted by molar-refractivity contribution is 5.26. The van der Waals surface area contributed by atoms with Gasteiger partial charge in [0, 0.05) is 36.1 Å². The summed E-state index contributed by atoms with van der Waals surface area (Å²) in [6, 6.07) is 3.81. The van der Waals surface area contributed by atoms with Crippen LogP contribution in [0.15, 0.2) is 24.5 Å². The monoisotopic (exact) mass is 232 g/mol. The lowest BCUT2D eigenvalue weighted by atomic mass is 10.3. The van der Waals surface area contributed by atoms with Gasteiger partial charge in [0.25, 0.3) is 0 Å². The summed E-state index contributed by atoms with van der Waals surface area (Å²) in [4.78, 5) is 4.44. The van der Waals surface area contributed by atoms with Crippen molar-refractivity contribution in [2.75, 3.05) is 7.11 Å². The molecule has 0 atom stereocenters. The summed E-state index contributed by atoms with van der Waals surface area (Å²) < 4.78 is 7.03. The molecule has 0 unspecified atom stereocenters. The van der Waals surface area contributed by atoms with Crippen LogP contribution in [0.4, 0.5) is 0 Å². The van der Waals surface area contributed by atoms with Gasteiger partial charge in [0.1, 0.15) is 5.75 Å². The van der Waals surface area contributed by atoms with Gasteiger partial charge in [-0.3, -0.25) is 9.67 Å². The highest BCUT2D eigenvalue weighted by Gasteiger charge is 2.03. The third kappa shape index (κ3) is 2.82. The molecule has 17 heavy (non-hydrogen) atoms. The van der Waals surface area contributed by atoms with E-state index in [1.165, 1.54) is 0 Å². The second-order valence-electron chi connectivity index (χ2n) is 3.89. The van der Waals surface area contributed by atoms with Crippen molar-refractivity contribution in [1.29, 1.82) is 0 Å². The van der Waals surface area contributed by atoms with Crippen LogP contribution in [0.25, 0.3) is 0 Å². The number of aromatic nitrogens is 3. The minimum absolute atomic E-state index is 0.505. The Morgan fingerprint density at radius 3 is 2.88 bits per heavy atom. The molecule has 0 aliphatic heterocycles. The fraction of sp³-hybridized carbons (Fsp3) is 0.333. The first-order chi connectivity index (χ1) is 8.21. The van der Waals surface area contributed by atoms with E-state index < -0.39 is 0 Å². The molecule has 2 N–H and O–H groups in total. The molecule has 0 saturated heterocycles. The van der Waals surface area contributed by atoms with Crippen molar-refractivity contribution >= 4 is 0 Å². The van der Waals surface area contributed by atoms with Crippen molar-refractivity contribution in [2.24, 2.45) is 5.73 Å². The van der Waals surface area contributed by atoms with Crippen molar-refractivity contribution in [3.8, 4) is 5.75 Å². The van der Waals surface area contributed by atoms with Crippen LogP contribution in [0.2, 0.25) is 0 Å². The summed E-state index contributed by atoms with van der Waals surface area (Å²) in [7, 11) is 1.65. The number of nitrogens with zero attached hydrogens (tertiary/aromatic N) is 3. The van der Waals surface area contributed by atoms with E-state index in [0.29, 0.717) is 13.1 Å². The van der Waals surface area contributed by atoms with Crippen LogP contribution in [0.3, 0.4) is 0 Å². The SMILES string of the molecule is COc1cc(C)nc(Cn2cc(CN)cn2)c1. The Balaban J connectivity index is 2.20. The maximum Gasteiger partial charge on any atom is 0.122 e. The zero-order valence-electron chi connectivity index (χ0n) is 10.1. The quantitative estimate of drug-likeness (QED) is 0.857. The molecule has 5 heteroatoms. The standard InChI is InChI=1S/C12H16N4O/c1-9-3-12(17-2)4-11(15-9)8-16-7-10(5-13)6-14-16/h3-4,6-7H,5,8,13H2,1-2H3. The van der Waals surface area contributed by atoms with Gasteiger partial charge in [-0.05, 0) is 6.92 Å². The normalized spacial score (nSPS) is 10.5. The average Bonchev–Trinajstić information content (AvgIpc) is 2.76. The maximum atomic E-state index is 5.54. The van der Waals surface area contributed by atoms with Gasteiger partial charge < -0.3 is 10.5 Å². The van der Waals surface area contributed by atoms with E-state index in [9.17, 15) is 0 Å². The van der Waals surface area contributed by atoms with Gasteiger partial charge in [-0.2, -0.15) is 5.10 Å². The van der Waals surface area contributed by atoms with Gasteiger partial charge >= 0.3 is 0 Å². The Morgan fingerprint density at radius 1 is 1.41 bits per heavy atom. The van der Waals surface area contributed by atoms with E-state index in [4.69, 9.17) is 10.5 Å². The second-order valence-corrected chi connectivity index (χ2v) is 3.89. The zero-order valence-corrected chi connectivity index (χ0v) is 10.1. The summed E-state index contributed by atoms with van der Waals surface area (Å²) in [5.41, 5.74) is 8.42. The fourth-order valence-corrected chi connectivity index (χ4v) is 1.67. The molecule has 0 aliphatic rings. The molecule has 2 aromatic heterocycles. The molecule has 5 nitrogen and oxygen atoms in total. The lowest BCUT2D eigenvalue weighted by Gasteiger charge is -2.06. The second kappa shape index (κ2) is 4.97. The lowest BCUT2D eigenvalue weighted by molar-refractivity contribution is 0.412. The van der Waals surface area contributed by atoms with E-state index in [2.05, 4.69) is 10.1 Å². The highest BCUT2D eigenvalue weighted by atomic mass is 16.5. The lowest BCUT2D eigenvalue weighted by Crippen LogP contribution is -2.03. The van der Waals surface area contributed by atoms with Crippen molar-refractivity contribution in [3.05, 3.63) is 41.5 Å². The Labute approximate surface area is 100 Å². The average molecular weight is 232 g/mol. The Kier molecular flexibility index (Phi) is 3.39. The smallest absolute Gasteiger partial charge is 0.122 e. The summed E-state index contributed by atoms with van der Waals surface area (Å²) in [6.07, 6.45) is 3.70. The number of hydrogen-bond donors (Lipinski definition) is 1. The van der Waals surface area contributed by atoms with Crippen molar-refractivity contribution in [2.45, 2.75) is 20.0 Å². The van der Waals surface area contributed by atoms with E-state index >= 15 is 0 Å². The molecular formula is C12H16N4O. The topological polar surface area (TPSA) is 66.0 Å². The molecule has 0 aliphatic carbocycles. The highest BCUT2D eigenvalue weighted by Crippen LogP contribution is 2.14. The molecule has 0 fully saturated rings. The van der Waals surface area contributed by atoms with Gasteiger partial charge in [0.05, 0.1) is 25.5 Å². The molecule has 0 amide bonds. The Bertz CT molecular complexity index is 507. The van der Waals surface area contributed by atoms with E-state index in [0.717, 1.165) is 22.7 Å². The predicted octanol–water partition coefficient (Wildman–Crippen LogP) is 1.10. The summed E-state index contributed by atoms with van der Waals surface area (Å²) in [6.45, 7) is 3.07. The molecule has 2 heterocycles. The third-order valence-electron chi connectivity index (χ3n) is 2.46. The van der Waals surface area contributed by atoms with E-state index in [1.54, 1.807) is 13.3 Å². The molecule has 2 rings (SSSR count). The maximum absolute atomic E-state index is 5.54. The Morgan fingerprint density at radius 2 is 2.24 bits per heavy atom. The van der Waals surface area contributed by atoms with Crippen molar-refractivity contribution in [3.63, 3.8) is 0 Å².